The van der Waals surface area contributed by atoms with Gasteiger partial charge < -0.3 is 10.4 Å². The predicted octanol–water partition coefficient (Wildman–Crippen LogP) is 4.17. The van der Waals surface area contributed by atoms with Gasteiger partial charge in [-0.2, -0.15) is 0 Å². The molecule has 0 radical (unpaired) electrons. The maximum Gasteiger partial charge on any atom is 0.304 e. The number of aliphatic carboxylic acids is 1. The van der Waals surface area contributed by atoms with Crippen molar-refractivity contribution in [1.82, 2.24) is 0 Å². The van der Waals surface area contributed by atoms with E-state index in [-0.39, 0.29) is 18.2 Å². The summed E-state index contributed by atoms with van der Waals surface area (Å²) in [5.41, 5.74) is 1.53. The summed E-state index contributed by atoms with van der Waals surface area (Å²) in [5, 5.41) is 12.5. The molecule has 2 atom stereocenters. The number of hydrogen-bond acceptors (Lipinski definition) is 2. The summed E-state index contributed by atoms with van der Waals surface area (Å²) >= 11 is 5.82. The Morgan fingerprint density at radius 1 is 1.09 bits per heavy atom. The molecule has 0 saturated carbocycles. The van der Waals surface area contributed by atoms with Gasteiger partial charge >= 0.3 is 5.97 Å². The second-order valence-electron chi connectivity index (χ2n) is 5.40. The lowest BCUT2D eigenvalue weighted by Gasteiger charge is -2.22. The van der Waals surface area contributed by atoms with Gasteiger partial charge in [0, 0.05) is 10.7 Å². The summed E-state index contributed by atoms with van der Waals surface area (Å²) in [6.45, 7) is 1.87. The van der Waals surface area contributed by atoms with Gasteiger partial charge in [-0.05, 0) is 35.7 Å². The molecule has 2 N–H and O–H groups in total. The minimum Gasteiger partial charge on any atom is -0.481 e. The fraction of sp³-hybridized carbons (Fsp3) is 0.222. The topological polar surface area (TPSA) is 66.4 Å². The Morgan fingerprint density at radius 3 is 2.26 bits per heavy atom. The van der Waals surface area contributed by atoms with Crippen LogP contribution in [0.1, 0.15) is 24.8 Å². The van der Waals surface area contributed by atoms with Crippen molar-refractivity contribution in [2.75, 3.05) is 5.32 Å². The lowest BCUT2D eigenvalue weighted by atomic mass is 9.84. The Hall–Kier alpha value is -2.33. The minimum atomic E-state index is -0.996. The fourth-order valence-corrected chi connectivity index (χ4v) is 2.57. The summed E-state index contributed by atoms with van der Waals surface area (Å²) in [5.74, 6) is -2.18. The number of carboxylic acid groups (broad SMARTS) is 1. The van der Waals surface area contributed by atoms with E-state index in [4.69, 9.17) is 16.7 Å². The minimum absolute atomic E-state index is 0.209. The van der Waals surface area contributed by atoms with E-state index in [1.165, 1.54) is 0 Å². The number of rotatable bonds is 6. The predicted molar refractivity (Wildman–Crippen MR) is 90.7 cm³/mol. The van der Waals surface area contributed by atoms with E-state index in [2.05, 4.69) is 5.32 Å². The van der Waals surface area contributed by atoms with Crippen LogP contribution < -0.4 is 5.32 Å². The van der Waals surface area contributed by atoms with E-state index in [9.17, 15) is 9.59 Å². The van der Waals surface area contributed by atoms with Crippen molar-refractivity contribution >= 4 is 29.2 Å². The average Bonchev–Trinajstić information content (AvgIpc) is 2.54. The molecule has 5 heteroatoms. The van der Waals surface area contributed by atoms with Crippen molar-refractivity contribution in [3.05, 3.63) is 65.2 Å². The molecule has 0 unspecified atom stereocenters. The van der Waals surface area contributed by atoms with Gasteiger partial charge in [0.05, 0.1) is 12.3 Å². The van der Waals surface area contributed by atoms with Crippen molar-refractivity contribution in [3.8, 4) is 0 Å². The zero-order valence-electron chi connectivity index (χ0n) is 12.7. The van der Waals surface area contributed by atoms with Crippen LogP contribution in [-0.2, 0) is 9.59 Å². The van der Waals surface area contributed by atoms with Gasteiger partial charge in [0.2, 0.25) is 5.91 Å². The lowest BCUT2D eigenvalue weighted by Crippen LogP contribution is -2.29. The first-order valence-corrected chi connectivity index (χ1v) is 7.68. The number of anilines is 1. The molecule has 0 fully saturated rings. The summed E-state index contributed by atoms with van der Waals surface area (Å²) in [7, 11) is 0. The Balaban J connectivity index is 2.18. The normalized spacial score (nSPS) is 13.1. The van der Waals surface area contributed by atoms with Crippen LogP contribution in [0, 0.1) is 5.92 Å². The molecule has 1 amide bonds. The van der Waals surface area contributed by atoms with Crippen molar-refractivity contribution < 1.29 is 14.7 Å². The number of benzene rings is 2. The number of carboxylic acids is 1. The van der Waals surface area contributed by atoms with E-state index >= 15 is 0 Å². The summed E-state index contributed by atoms with van der Waals surface area (Å²) in [6.07, 6.45) is -0.227. The number of nitrogens with one attached hydrogen (secondary N) is 1. The van der Waals surface area contributed by atoms with Gasteiger partial charge in [-0.25, -0.2) is 0 Å². The number of carbonyl (C=O) groups is 2. The largest absolute Gasteiger partial charge is 0.481 e. The molecule has 2 aromatic carbocycles. The monoisotopic (exact) mass is 331 g/mol. The van der Waals surface area contributed by atoms with Crippen LogP contribution in [0.25, 0.3) is 0 Å². The molecule has 0 aromatic heterocycles. The van der Waals surface area contributed by atoms with Gasteiger partial charge in [0.25, 0.3) is 0 Å². The van der Waals surface area contributed by atoms with E-state index in [1.54, 1.807) is 24.3 Å². The van der Waals surface area contributed by atoms with Crippen LogP contribution in [-0.4, -0.2) is 17.0 Å². The molecule has 0 saturated heterocycles. The number of halogens is 1. The summed E-state index contributed by atoms with van der Waals surface area (Å²) in [4.78, 5) is 23.7. The second kappa shape index (κ2) is 7.79. The Bertz CT molecular complexity index is 670. The Labute approximate surface area is 140 Å². The van der Waals surface area contributed by atoms with Crippen molar-refractivity contribution in [3.63, 3.8) is 0 Å². The van der Waals surface area contributed by atoms with Crippen LogP contribution in [0.2, 0.25) is 5.02 Å². The van der Waals surface area contributed by atoms with E-state index < -0.39 is 11.9 Å². The second-order valence-corrected chi connectivity index (χ2v) is 5.84. The summed E-state index contributed by atoms with van der Waals surface area (Å²) in [6, 6.07) is 16.1. The molecule has 0 aliphatic heterocycles. The Kier molecular flexibility index (Phi) is 5.77. The highest BCUT2D eigenvalue weighted by Crippen LogP contribution is 2.28. The zero-order valence-corrected chi connectivity index (χ0v) is 13.5. The van der Waals surface area contributed by atoms with Crippen molar-refractivity contribution in [1.29, 1.82) is 0 Å². The molecule has 23 heavy (non-hydrogen) atoms. The van der Waals surface area contributed by atoms with Crippen molar-refractivity contribution in [2.45, 2.75) is 19.3 Å². The van der Waals surface area contributed by atoms with Crippen LogP contribution >= 0.6 is 11.6 Å². The van der Waals surface area contributed by atoms with Gasteiger partial charge in [-0.15, -0.1) is 0 Å². The van der Waals surface area contributed by atoms with Gasteiger partial charge in [-0.3, -0.25) is 9.59 Å². The Morgan fingerprint density at radius 2 is 1.70 bits per heavy atom. The van der Waals surface area contributed by atoms with Gasteiger partial charge in [0.15, 0.2) is 0 Å². The quantitative estimate of drug-likeness (QED) is 0.834. The summed E-state index contributed by atoms with van der Waals surface area (Å²) < 4.78 is 0. The number of hydrogen-bond donors (Lipinski definition) is 2. The first-order valence-electron chi connectivity index (χ1n) is 7.30. The number of carbonyl (C=O) groups excluding carboxylic acids is 1. The third kappa shape index (κ3) is 4.83. The average molecular weight is 332 g/mol. The molecule has 0 spiro atoms. The molecule has 0 bridgehead atoms. The van der Waals surface area contributed by atoms with E-state index in [0.717, 1.165) is 5.56 Å². The highest BCUT2D eigenvalue weighted by molar-refractivity contribution is 6.30. The lowest BCUT2D eigenvalue weighted by molar-refractivity contribution is -0.140. The maximum absolute atomic E-state index is 12.5. The molecule has 2 rings (SSSR count). The van der Waals surface area contributed by atoms with Crippen LogP contribution in [0.15, 0.2) is 54.6 Å². The van der Waals surface area contributed by atoms with Gasteiger partial charge in [0.1, 0.15) is 0 Å². The fourth-order valence-electron chi connectivity index (χ4n) is 2.44. The standard InChI is InChI=1S/C18H18ClNO3/c1-12(13-5-3-2-4-6-13)16(11-17(21)22)18(23)20-15-9-7-14(19)8-10-15/h2-10,12,16H,11H2,1H3,(H,20,23)(H,21,22)/t12-,16-/m0/s1. The molecule has 0 aliphatic rings. The maximum atomic E-state index is 12.5. The van der Waals surface area contributed by atoms with Gasteiger partial charge in [-0.1, -0.05) is 48.9 Å². The highest BCUT2D eigenvalue weighted by Gasteiger charge is 2.28. The van der Waals surface area contributed by atoms with Crippen LogP contribution in [0.5, 0.6) is 0 Å². The zero-order chi connectivity index (χ0) is 16.8. The van der Waals surface area contributed by atoms with Crippen LogP contribution in [0.3, 0.4) is 0 Å². The molecule has 0 aliphatic carbocycles. The number of amides is 1. The van der Waals surface area contributed by atoms with E-state index in [0.29, 0.717) is 10.7 Å². The third-order valence-corrected chi connectivity index (χ3v) is 4.02. The molecular weight excluding hydrogens is 314 g/mol. The highest BCUT2D eigenvalue weighted by atomic mass is 35.5. The SMILES string of the molecule is C[C@@H](c1ccccc1)[C@H](CC(=O)O)C(=O)Nc1ccc(Cl)cc1. The molecule has 2 aromatic rings. The molecule has 0 heterocycles. The molecular formula is C18H18ClNO3. The molecule has 4 nitrogen and oxygen atoms in total. The smallest absolute Gasteiger partial charge is 0.304 e. The third-order valence-electron chi connectivity index (χ3n) is 3.77. The van der Waals surface area contributed by atoms with Crippen molar-refractivity contribution in [2.24, 2.45) is 5.92 Å². The van der Waals surface area contributed by atoms with Crippen LogP contribution in [0.4, 0.5) is 5.69 Å². The first kappa shape index (κ1) is 17.0. The molecule has 120 valence electrons. The first-order chi connectivity index (χ1) is 11.0. The van der Waals surface area contributed by atoms with E-state index in [1.807, 2.05) is 37.3 Å².